The number of H-pyrrole nitrogens is 1. The number of carbonyl (C=O) groups excluding carboxylic acids is 1. The first kappa shape index (κ1) is 24.2. The molecule has 2 aromatic carbocycles. The number of ether oxygens (including phenoxy) is 1. The molecular weight excluding hydrogens is 457 g/mol. The quantitative estimate of drug-likeness (QED) is 0.515. The molecule has 0 spiro atoms. The number of aryl methyl sites for hydroxylation is 1. The van der Waals surface area contributed by atoms with Gasteiger partial charge in [-0.05, 0) is 61.6 Å². The highest BCUT2D eigenvalue weighted by Gasteiger charge is 2.22. The lowest BCUT2D eigenvalue weighted by Gasteiger charge is -2.34. The molecule has 180 valence electrons. The Balaban J connectivity index is 1.26. The minimum Gasteiger partial charge on any atom is -0.490 e. The van der Waals surface area contributed by atoms with Crippen LogP contribution in [0, 0.1) is 18.7 Å². The van der Waals surface area contributed by atoms with Crippen LogP contribution in [0.1, 0.15) is 35.7 Å². The van der Waals surface area contributed by atoms with Gasteiger partial charge in [0.25, 0.3) is 11.5 Å². The van der Waals surface area contributed by atoms with E-state index in [2.05, 4.69) is 22.1 Å². The van der Waals surface area contributed by atoms with Crippen molar-refractivity contribution < 1.29 is 13.9 Å². The van der Waals surface area contributed by atoms with Crippen molar-refractivity contribution in [1.29, 1.82) is 0 Å². The number of nitrogens with zero attached hydrogens (tertiary/aromatic N) is 1. The summed E-state index contributed by atoms with van der Waals surface area (Å²) in [5.74, 6) is 0.328. The summed E-state index contributed by atoms with van der Waals surface area (Å²) in [6, 6.07) is 9.56. The van der Waals surface area contributed by atoms with Crippen LogP contribution < -0.4 is 15.6 Å². The summed E-state index contributed by atoms with van der Waals surface area (Å²) in [6.45, 7) is 7.34. The Kier molecular flexibility index (Phi) is 7.54. The first-order chi connectivity index (χ1) is 16.3. The third-order valence-corrected chi connectivity index (χ3v) is 6.49. The summed E-state index contributed by atoms with van der Waals surface area (Å²) in [5.41, 5.74) is 0.954. The van der Waals surface area contributed by atoms with Crippen LogP contribution in [0.25, 0.3) is 10.8 Å². The second-order valence-corrected chi connectivity index (χ2v) is 9.50. The molecular formula is C26H29ClFN3O3. The molecule has 1 aromatic heterocycles. The topological polar surface area (TPSA) is 74.4 Å². The second-order valence-electron chi connectivity index (χ2n) is 9.06. The summed E-state index contributed by atoms with van der Waals surface area (Å²) in [4.78, 5) is 29.6. The summed E-state index contributed by atoms with van der Waals surface area (Å²) >= 11 is 6.03. The summed E-state index contributed by atoms with van der Waals surface area (Å²) in [6.07, 6.45) is 3.46. The van der Waals surface area contributed by atoms with Crippen LogP contribution in [0.2, 0.25) is 5.02 Å². The van der Waals surface area contributed by atoms with Crippen LogP contribution >= 0.6 is 11.6 Å². The molecule has 0 unspecified atom stereocenters. The molecule has 0 saturated carbocycles. The Morgan fingerprint density at radius 3 is 2.74 bits per heavy atom. The Bertz CT molecular complexity index is 1240. The molecule has 6 nitrogen and oxygen atoms in total. The Morgan fingerprint density at radius 1 is 1.24 bits per heavy atom. The van der Waals surface area contributed by atoms with E-state index in [1.807, 2.05) is 25.1 Å². The van der Waals surface area contributed by atoms with Crippen LogP contribution in [-0.4, -0.2) is 48.1 Å². The molecule has 1 saturated heterocycles. The van der Waals surface area contributed by atoms with Crippen molar-refractivity contribution in [2.45, 2.75) is 32.8 Å². The van der Waals surface area contributed by atoms with E-state index in [0.29, 0.717) is 22.5 Å². The zero-order chi connectivity index (χ0) is 24.2. The average molecular weight is 486 g/mol. The molecule has 1 aliphatic heterocycles. The molecule has 1 atom stereocenters. The van der Waals surface area contributed by atoms with Crippen LogP contribution in [0.15, 0.2) is 47.4 Å². The lowest BCUT2D eigenvalue weighted by molar-refractivity contribution is 0.0883. The van der Waals surface area contributed by atoms with E-state index >= 15 is 0 Å². The molecule has 2 N–H and O–H groups in total. The van der Waals surface area contributed by atoms with Crippen molar-refractivity contribution in [2.24, 2.45) is 5.92 Å². The third kappa shape index (κ3) is 5.77. The molecule has 0 aliphatic carbocycles. The summed E-state index contributed by atoms with van der Waals surface area (Å²) < 4.78 is 19.7. The molecule has 0 bridgehead atoms. The number of amides is 1. The van der Waals surface area contributed by atoms with Crippen molar-refractivity contribution >= 4 is 28.3 Å². The van der Waals surface area contributed by atoms with Crippen LogP contribution in [0.4, 0.5) is 4.39 Å². The lowest BCUT2D eigenvalue weighted by atomic mass is 10.0. The van der Waals surface area contributed by atoms with E-state index in [-0.39, 0.29) is 23.3 Å². The number of carbonyl (C=O) groups is 1. The van der Waals surface area contributed by atoms with E-state index in [1.54, 1.807) is 0 Å². The molecule has 34 heavy (non-hydrogen) atoms. The maximum Gasteiger partial charge on any atom is 0.255 e. The van der Waals surface area contributed by atoms with Gasteiger partial charge in [-0.3, -0.25) is 9.59 Å². The predicted octanol–water partition coefficient (Wildman–Crippen LogP) is 4.54. The molecule has 4 rings (SSSR count). The van der Waals surface area contributed by atoms with E-state index in [9.17, 15) is 14.0 Å². The number of hydrogen-bond acceptors (Lipinski definition) is 4. The minimum atomic E-state index is -0.512. The molecule has 0 radical (unpaired) electrons. The van der Waals surface area contributed by atoms with Crippen molar-refractivity contribution in [3.8, 4) is 5.75 Å². The van der Waals surface area contributed by atoms with E-state index in [4.69, 9.17) is 16.3 Å². The number of halogens is 2. The van der Waals surface area contributed by atoms with Crippen LogP contribution in [-0.2, 0) is 0 Å². The minimum absolute atomic E-state index is 0.166. The summed E-state index contributed by atoms with van der Waals surface area (Å²) in [5, 5.41) is 4.27. The van der Waals surface area contributed by atoms with Gasteiger partial charge in [-0.25, -0.2) is 4.39 Å². The largest absolute Gasteiger partial charge is 0.490 e. The highest BCUT2D eigenvalue weighted by atomic mass is 35.5. The van der Waals surface area contributed by atoms with Gasteiger partial charge in [0, 0.05) is 42.8 Å². The smallest absolute Gasteiger partial charge is 0.255 e. The summed E-state index contributed by atoms with van der Waals surface area (Å²) in [7, 11) is 0. The molecule has 1 aliphatic rings. The predicted molar refractivity (Wildman–Crippen MR) is 132 cm³/mol. The second kappa shape index (κ2) is 10.6. The zero-order valence-electron chi connectivity index (χ0n) is 19.4. The van der Waals surface area contributed by atoms with Crippen molar-refractivity contribution in [3.63, 3.8) is 0 Å². The molecule has 3 aromatic rings. The van der Waals surface area contributed by atoms with Gasteiger partial charge in [-0.15, -0.1) is 0 Å². The average Bonchev–Trinajstić information content (AvgIpc) is 2.81. The zero-order valence-corrected chi connectivity index (χ0v) is 20.1. The van der Waals surface area contributed by atoms with E-state index < -0.39 is 11.4 Å². The van der Waals surface area contributed by atoms with Gasteiger partial charge in [0.15, 0.2) is 0 Å². The molecule has 1 amide bonds. The first-order valence-electron chi connectivity index (χ1n) is 11.5. The Morgan fingerprint density at radius 2 is 2.00 bits per heavy atom. The Labute approximate surface area is 203 Å². The van der Waals surface area contributed by atoms with Crippen LogP contribution in [0.5, 0.6) is 5.75 Å². The normalized spacial score (nSPS) is 15.9. The maximum atomic E-state index is 13.5. The first-order valence-corrected chi connectivity index (χ1v) is 11.9. The van der Waals surface area contributed by atoms with Crippen molar-refractivity contribution in [2.75, 3.05) is 26.2 Å². The van der Waals surface area contributed by atoms with Crippen molar-refractivity contribution in [3.05, 3.63) is 74.9 Å². The number of fused-ring (bicyclic) bond motifs is 1. The maximum absolute atomic E-state index is 13.5. The molecule has 1 fully saturated rings. The molecule has 8 heteroatoms. The number of nitrogens with one attached hydrogen (secondary N) is 2. The van der Waals surface area contributed by atoms with Gasteiger partial charge in [0.1, 0.15) is 17.7 Å². The lowest BCUT2D eigenvalue weighted by Crippen LogP contribution is -2.42. The van der Waals surface area contributed by atoms with Gasteiger partial charge < -0.3 is 19.9 Å². The number of piperidine rings is 1. The van der Waals surface area contributed by atoms with E-state index in [1.165, 1.54) is 18.3 Å². The number of pyridine rings is 1. The number of aromatic amines is 1. The van der Waals surface area contributed by atoms with Crippen molar-refractivity contribution in [1.82, 2.24) is 15.2 Å². The standard InChI is InChI=1S/C26H29ClFN3O3/c1-16(13-29-26(33)23-14-30-25(32)22-12-19(28)4-5-21(22)23)15-31-9-7-20(8-10-31)34-24-6-3-18(27)11-17(24)2/h3-6,11-12,14,16,20H,7-10,13,15H2,1-2H3,(H,29,33)(H,30,32)/t16-/m1/s1. The highest BCUT2D eigenvalue weighted by molar-refractivity contribution is 6.30. The third-order valence-electron chi connectivity index (χ3n) is 6.25. The van der Waals surface area contributed by atoms with E-state index in [0.717, 1.165) is 49.9 Å². The molecule has 2 heterocycles. The number of benzene rings is 2. The number of likely N-dealkylation sites (tertiary alicyclic amines) is 1. The van der Waals surface area contributed by atoms with Gasteiger partial charge in [0.05, 0.1) is 10.9 Å². The number of rotatable bonds is 7. The van der Waals surface area contributed by atoms with Gasteiger partial charge in [0.2, 0.25) is 0 Å². The fourth-order valence-electron chi connectivity index (χ4n) is 4.42. The van der Waals surface area contributed by atoms with Gasteiger partial charge in [-0.1, -0.05) is 24.6 Å². The number of aromatic nitrogens is 1. The van der Waals surface area contributed by atoms with Gasteiger partial charge in [-0.2, -0.15) is 0 Å². The fraction of sp³-hybridized carbons (Fsp3) is 0.385. The van der Waals surface area contributed by atoms with Gasteiger partial charge >= 0.3 is 0 Å². The number of hydrogen-bond donors (Lipinski definition) is 2. The monoisotopic (exact) mass is 485 g/mol. The fourth-order valence-corrected chi connectivity index (χ4v) is 4.65. The highest BCUT2D eigenvalue weighted by Crippen LogP contribution is 2.25. The Hall–Kier alpha value is -2.90. The van der Waals surface area contributed by atoms with Crippen LogP contribution in [0.3, 0.4) is 0 Å². The SMILES string of the molecule is Cc1cc(Cl)ccc1OC1CCN(C[C@H](C)CNC(=O)c2c[nH]c(=O)c3cc(F)ccc23)CC1.